The molecule has 2 rings (SSSR count). The highest BCUT2D eigenvalue weighted by molar-refractivity contribution is 4.88. The van der Waals surface area contributed by atoms with Gasteiger partial charge in [0.05, 0.1) is 6.10 Å². The van der Waals surface area contributed by atoms with E-state index in [-0.39, 0.29) is 5.41 Å². The standard InChI is InChI=1S/C15H29NO2/c1-2-5-14-10-13(6-9-18-14)16-11-15(12-17)7-3-4-8-15/h13-14,16-17H,2-12H2,1H3. The lowest BCUT2D eigenvalue weighted by Crippen LogP contribution is -2.44. The van der Waals surface area contributed by atoms with E-state index in [1.165, 1.54) is 38.5 Å². The molecule has 0 radical (unpaired) electrons. The van der Waals surface area contributed by atoms with Crippen LogP contribution in [-0.2, 0) is 4.74 Å². The average molecular weight is 255 g/mol. The van der Waals surface area contributed by atoms with Crippen molar-refractivity contribution in [3.8, 4) is 0 Å². The molecular formula is C15H29NO2. The molecule has 0 amide bonds. The van der Waals surface area contributed by atoms with Crippen LogP contribution < -0.4 is 5.32 Å². The Hall–Kier alpha value is -0.120. The van der Waals surface area contributed by atoms with E-state index in [1.54, 1.807) is 0 Å². The first kappa shape index (κ1) is 14.3. The fraction of sp³-hybridized carbons (Fsp3) is 1.00. The highest BCUT2D eigenvalue weighted by Gasteiger charge is 2.34. The van der Waals surface area contributed by atoms with Crippen LogP contribution in [-0.4, -0.2) is 37.0 Å². The van der Waals surface area contributed by atoms with Gasteiger partial charge in [-0.15, -0.1) is 0 Å². The summed E-state index contributed by atoms with van der Waals surface area (Å²) in [6, 6.07) is 0.597. The summed E-state index contributed by atoms with van der Waals surface area (Å²) in [5.74, 6) is 0. The van der Waals surface area contributed by atoms with Crippen LogP contribution in [0.4, 0.5) is 0 Å². The maximum atomic E-state index is 9.62. The van der Waals surface area contributed by atoms with Gasteiger partial charge in [-0.25, -0.2) is 0 Å². The van der Waals surface area contributed by atoms with Crippen LogP contribution in [0.3, 0.4) is 0 Å². The molecule has 1 saturated heterocycles. The molecule has 18 heavy (non-hydrogen) atoms. The van der Waals surface area contributed by atoms with E-state index < -0.39 is 0 Å². The van der Waals surface area contributed by atoms with Crippen molar-refractivity contribution >= 4 is 0 Å². The molecule has 2 aliphatic rings. The second-order valence-electron chi connectivity index (χ2n) is 6.25. The van der Waals surface area contributed by atoms with E-state index in [0.717, 1.165) is 26.0 Å². The Kier molecular flexibility index (Phi) is 5.46. The van der Waals surface area contributed by atoms with Crippen LogP contribution in [0.2, 0.25) is 0 Å². The second-order valence-corrected chi connectivity index (χ2v) is 6.25. The third kappa shape index (κ3) is 3.69. The molecule has 0 bridgehead atoms. The summed E-state index contributed by atoms with van der Waals surface area (Å²) in [4.78, 5) is 0. The monoisotopic (exact) mass is 255 g/mol. The minimum Gasteiger partial charge on any atom is -0.396 e. The molecule has 1 aliphatic carbocycles. The normalized spacial score (nSPS) is 31.7. The summed E-state index contributed by atoms with van der Waals surface area (Å²) in [7, 11) is 0. The highest BCUT2D eigenvalue weighted by atomic mass is 16.5. The zero-order valence-electron chi connectivity index (χ0n) is 11.8. The Labute approximate surface area is 111 Å². The predicted octanol–water partition coefficient (Wildman–Crippen LogP) is 2.48. The third-order valence-corrected chi connectivity index (χ3v) is 4.74. The average Bonchev–Trinajstić information content (AvgIpc) is 2.87. The van der Waals surface area contributed by atoms with E-state index in [4.69, 9.17) is 4.74 Å². The first-order valence-corrected chi connectivity index (χ1v) is 7.74. The second kappa shape index (κ2) is 6.88. The van der Waals surface area contributed by atoms with Crippen LogP contribution in [0.5, 0.6) is 0 Å². The van der Waals surface area contributed by atoms with Crippen molar-refractivity contribution in [3.63, 3.8) is 0 Å². The molecule has 1 saturated carbocycles. The minimum atomic E-state index is 0.179. The van der Waals surface area contributed by atoms with Crippen molar-refractivity contribution < 1.29 is 9.84 Å². The number of hydrogen-bond donors (Lipinski definition) is 2. The molecule has 2 N–H and O–H groups in total. The predicted molar refractivity (Wildman–Crippen MR) is 73.7 cm³/mol. The molecule has 0 aromatic carbocycles. The largest absolute Gasteiger partial charge is 0.396 e. The van der Waals surface area contributed by atoms with Gasteiger partial charge in [0.25, 0.3) is 0 Å². The number of nitrogens with one attached hydrogen (secondary N) is 1. The summed E-state index contributed by atoms with van der Waals surface area (Å²) in [6.45, 7) is 4.46. The first-order valence-electron chi connectivity index (χ1n) is 7.74. The summed E-state index contributed by atoms with van der Waals surface area (Å²) in [5.41, 5.74) is 0.179. The Morgan fingerprint density at radius 2 is 2.11 bits per heavy atom. The van der Waals surface area contributed by atoms with E-state index >= 15 is 0 Å². The lowest BCUT2D eigenvalue weighted by molar-refractivity contribution is -0.00613. The molecular weight excluding hydrogens is 226 g/mol. The Balaban J connectivity index is 1.75. The van der Waals surface area contributed by atoms with Gasteiger partial charge in [0.1, 0.15) is 0 Å². The van der Waals surface area contributed by atoms with Gasteiger partial charge in [-0.1, -0.05) is 26.2 Å². The van der Waals surface area contributed by atoms with Gasteiger partial charge in [-0.05, 0) is 32.1 Å². The molecule has 2 unspecified atom stereocenters. The van der Waals surface area contributed by atoms with Gasteiger partial charge >= 0.3 is 0 Å². The van der Waals surface area contributed by atoms with E-state index in [9.17, 15) is 5.11 Å². The molecule has 0 aromatic rings. The van der Waals surface area contributed by atoms with Gasteiger partial charge in [-0.3, -0.25) is 0 Å². The Morgan fingerprint density at radius 3 is 2.78 bits per heavy atom. The number of aliphatic hydroxyl groups excluding tert-OH is 1. The van der Waals surface area contributed by atoms with Crippen LogP contribution >= 0.6 is 0 Å². The fourth-order valence-corrected chi connectivity index (χ4v) is 3.47. The lowest BCUT2D eigenvalue weighted by atomic mass is 9.86. The molecule has 1 aliphatic heterocycles. The Morgan fingerprint density at radius 1 is 1.33 bits per heavy atom. The SMILES string of the molecule is CCCC1CC(NCC2(CO)CCCC2)CCO1. The molecule has 3 heteroatoms. The van der Waals surface area contributed by atoms with Crippen LogP contribution in [0, 0.1) is 5.41 Å². The zero-order chi connectivity index (χ0) is 12.8. The Bertz CT molecular complexity index is 237. The highest BCUT2D eigenvalue weighted by Crippen LogP contribution is 2.37. The molecule has 2 atom stereocenters. The molecule has 3 nitrogen and oxygen atoms in total. The zero-order valence-corrected chi connectivity index (χ0v) is 11.8. The summed E-state index contributed by atoms with van der Waals surface area (Å²) in [6.07, 6.45) is 10.1. The van der Waals surface area contributed by atoms with Gasteiger partial charge in [0.15, 0.2) is 0 Å². The van der Waals surface area contributed by atoms with Gasteiger partial charge < -0.3 is 15.2 Å². The van der Waals surface area contributed by atoms with Crippen molar-refractivity contribution in [2.45, 2.75) is 70.4 Å². The lowest BCUT2D eigenvalue weighted by Gasteiger charge is -2.34. The quantitative estimate of drug-likeness (QED) is 0.766. The number of hydrogen-bond acceptors (Lipinski definition) is 3. The summed E-state index contributed by atoms with van der Waals surface area (Å²) < 4.78 is 5.78. The van der Waals surface area contributed by atoms with E-state index in [2.05, 4.69) is 12.2 Å². The number of aliphatic hydroxyl groups is 1. The first-order chi connectivity index (χ1) is 8.78. The van der Waals surface area contributed by atoms with Crippen molar-refractivity contribution in [2.75, 3.05) is 19.8 Å². The van der Waals surface area contributed by atoms with E-state index in [1.807, 2.05) is 0 Å². The van der Waals surface area contributed by atoms with Gasteiger partial charge in [-0.2, -0.15) is 0 Å². The van der Waals surface area contributed by atoms with Crippen molar-refractivity contribution in [1.29, 1.82) is 0 Å². The van der Waals surface area contributed by atoms with Crippen molar-refractivity contribution in [2.24, 2.45) is 5.41 Å². The maximum absolute atomic E-state index is 9.62. The summed E-state index contributed by atoms with van der Waals surface area (Å²) in [5, 5.41) is 13.3. The molecule has 2 fully saturated rings. The smallest absolute Gasteiger partial charge is 0.0589 e. The maximum Gasteiger partial charge on any atom is 0.0589 e. The molecule has 0 aromatic heterocycles. The van der Waals surface area contributed by atoms with Crippen LogP contribution in [0.25, 0.3) is 0 Å². The minimum absolute atomic E-state index is 0.179. The van der Waals surface area contributed by atoms with Crippen molar-refractivity contribution in [3.05, 3.63) is 0 Å². The van der Waals surface area contributed by atoms with Crippen LogP contribution in [0.1, 0.15) is 58.3 Å². The molecule has 0 spiro atoms. The topological polar surface area (TPSA) is 41.5 Å². The van der Waals surface area contributed by atoms with Gasteiger partial charge in [0, 0.05) is 31.2 Å². The number of ether oxygens (including phenoxy) is 1. The summed E-state index contributed by atoms with van der Waals surface area (Å²) >= 11 is 0. The number of rotatable bonds is 6. The van der Waals surface area contributed by atoms with Crippen molar-refractivity contribution in [1.82, 2.24) is 5.32 Å². The molecule has 106 valence electrons. The van der Waals surface area contributed by atoms with Gasteiger partial charge in [0.2, 0.25) is 0 Å². The van der Waals surface area contributed by atoms with Crippen LogP contribution in [0.15, 0.2) is 0 Å². The molecule has 1 heterocycles. The van der Waals surface area contributed by atoms with E-state index in [0.29, 0.717) is 18.8 Å². The third-order valence-electron chi connectivity index (χ3n) is 4.74. The fourth-order valence-electron chi connectivity index (χ4n) is 3.47.